The lowest BCUT2D eigenvalue weighted by molar-refractivity contribution is -0.139. The van der Waals surface area contributed by atoms with E-state index in [1.54, 1.807) is 0 Å². The van der Waals surface area contributed by atoms with Crippen molar-refractivity contribution < 1.29 is 9.90 Å². The van der Waals surface area contributed by atoms with E-state index in [1.807, 2.05) is 30.5 Å². The Kier molecular flexibility index (Phi) is 4.96. The van der Waals surface area contributed by atoms with Gasteiger partial charge in [-0.3, -0.25) is 4.79 Å². The first-order valence-corrected chi connectivity index (χ1v) is 8.26. The number of aromatic amines is 1. The molecule has 1 aromatic heterocycles. The molecule has 1 atom stereocenters. The lowest BCUT2D eigenvalue weighted by atomic mass is 10.0. The highest BCUT2D eigenvalue weighted by Gasteiger charge is 2.19. The van der Waals surface area contributed by atoms with Crippen molar-refractivity contribution in [3.8, 4) is 0 Å². The molecule has 0 fully saturated rings. The minimum Gasteiger partial charge on any atom is -0.480 e. The van der Waals surface area contributed by atoms with Gasteiger partial charge in [0.2, 0.25) is 0 Å². The highest BCUT2D eigenvalue weighted by atomic mass is 16.4. The molecule has 0 aliphatic rings. The summed E-state index contributed by atoms with van der Waals surface area (Å²) in [5.74, 6) is -0.828. The van der Waals surface area contributed by atoms with Gasteiger partial charge in [-0.25, -0.2) is 0 Å². The minimum absolute atomic E-state index is 0.451. The van der Waals surface area contributed by atoms with Gasteiger partial charge in [-0.2, -0.15) is 0 Å². The lowest BCUT2D eigenvalue weighted by Gasteiger charge is -2.14. The van der Waals surface area contributed by atoms with Crippen LogP contribution in [0.3, 0.4) is 0 Å². The number of rotatable bonds is 7. The SMILES string of the molecule is CCc1ccc(CN[C@@H](Cc2c[nH]c3ccccc23)C(=O)O)cc1. The van der Waals surface area contributed by atoms with E-state index in [0.29, 0.717) is 13.0 Å². The van der Waals surface area contributed by atoms with Crippen molar-refractivity contribution in [2.24, 2.45) is 0 Å². The van der Waals surface area contributed by atoms with Gasteiger partial charge in [-0.1, -0.05) is 49.4 Å². The monoisotopic (exact) mass is 322 g/mol. The number of hydrogen-bond acceptors (Lipinski definition) is 2. The summed E-state index contributed by atoms with van der Waals surface area (Å²) in [4.78, 5) is 14.8. The molecule has 0 radical (unpaired) electrons. The van der Waals surface area contributed by atoms with Crippen LogP contribution in [0.15, 0.2) is 54.7 Å². The van der Waals surface area contributed by atoms with Gasteiger partial charge in [-0.15, -0.1) is 0 Å². The quantitative estimate of drug-likeness (QED) is 0.623. The van der Waals surface area contributed by atoms with Gasteiger partial charge in [-0.05, 0) is 29.2 Å². The molecular formula is C20H22N2O2. The van der Waals surface area contributed by atoms with Crippen molar-refractivity contribution >= 4 is 16.9 Å². The van der Waals surface area contributed by atoms with Crippen LogP contribution in [-0.4, -0.2) is 22.1 Å². The third-order valence-corrected chi connectivity index (χ3v) is 4.38. The van der Waals surface area contributed by atoms with E-state index in [1.165, 1.54) is 5.56 Å². The number of benzene rings is 2. The lowest BCUT2D eigenvalue weighted by Crippen LogP contribution is -2.38. The van der Waals surface area contributed by atoms with E-state index in [-0.39, 0.29) is 0 Å². The number of carboxylic acids is 1. The number of aromatic nitrogens is 1. The zero-order valence-electron chi connectivity index (χ0n) is 13.8. The van der Waals surface area contributed by atoms with Crippen LogP contribution in [0.25, 0.3) is 10.9 Å². The third kappa shape index (κ3) is 3.66. The van der Waals surface area contributed by atoms with Crippen LogP contribution in [0.1, 0.15) is 23.6 Å². The zero-order valence-corrected chi connectivity index (χ0v) is 13.8. The maximum absolute atomic E-state index is 11.6. The Labute approximate surface area is 141 Å². The molecule has 3 N–H and O–H groups in total. The Hall–Kier alpha value is -2.59. The van der Waals surface area contributed by atoms with Crippen molar-refractivity contribution in [1.82, 2.24) is 10.3 Å². The summed E-state index contributed by atoms with van der Waals surface area (Å²) in [6, 6.07) is 15.6. The number of hydrogen-bond donors (Lipinski definition) is 3. The van der Waals surface area contributed by atoms with E-state index >= 15 is 0 Å². The van der Waals surface area contributed by atoms with Crippen LogP contribution >= 0.6 is 0 Å². The maximum atomic E-state index is 11.6. The second-order valence-electron chi connectivity index (χ2n) is 6.01. The van der Waals surface area contributed by atoms with Gasteiger partial charge in [0.05, 0.1) is 0 Å². The number of H-pyrrole nitrogens is 1. The summed E-state index contributed by atoms with van der Waals surface area (Å²) >= 11 is 0. The molecule has 0 aliphatic heterocycles. The standard InChI is InChI=1S/C20H22N2O2/c1-2-14-7-9-15(10-8-14)12-21-19(20(23)24)11-16-13-22-18-6-4-3-5-17(16)18/h3-10,13,19,21-22H,2,11-12H2,1H3,(H,23,24)/t19-/m0/s1. The largest absolute Gasteiger partial charge is 0.480 e. The summed E-state index contributed by atoms with van der Waals surface area (Å²) < 4.78 is 0. The highest BCUT2D eigenvalue weighted by Crippen LogP contribution is 2.19. The molecule has 0 amide bonds. The number of aryl methyl sites for hydroxylation is 1. The second kappa shape index (κ2) is 7.32. The average Bonchev–Trinajstić information content (AvgIpc) is 3.02. The summed E-state index contributed by atoms with van der Waals surface area (Å²) in [5.41, 5.74) is 4.43. The van der Waals surface area contributed by atoms with Crippen molar-refractivity contribution in [2.75, 3.05) is 0 Å². The summed E-state index contributed by atoms with van der Waals surface area (Å²) in [7, 11) is 0. The molecule has 0 unspecified atom stereocenters. The molecule has 0 bridgehead atoms. The van der Waals surface area contributed by atoms with E-state index < -0.39 is 12.0 Å². The molecule has 0 saturated heterocycles. The molecule has 24 heavy (non-hydrogen) atoms. The Morgan fingerprint density at radius 2 is 1.83 bits per heavy atom. The molecule has 0 aliphatic carbocycles. The smallest absolute Gasteiger partial charge is 0.321 e. The number of carbonyl (C=O) groups is 1. The maximum Gasteiger partial charge on any atom is 0.321 e. The van der Waals surface area contributed by atoms with Crippen LogP contribution in [0, 0.1) is 0 Å². The molecule has 3 rings (SSSR count). The second-order valence-corrected chi connectivity index (χ2v) is 6.01. The normalized spacial score (nSPS) is 12.4. The number of aliphatic carboxylic acids is 1. The van der Waals surface area contributed by atoms with Gasteiger partial charge < -0.3 is 15.4 Å². The summed E-state index contributed by atoms with van der Waals surface area (Å²) in [6.07, 6.45) is 3.36. The Balaban J connectivity index is 1.69. The molecule has 3 aromatic rings. The molecule has 2 aromatic carbocycles. The van der Waals surface area contributed by atoms with Crippen molar-refractivity contribution in [3.63, 3.8) is 0 Å². The van der Waals surface area contributed by atoms with Crippen molar-refractivity contribution in [2.45, 2.75) is 32.4 Å². The number of fused-ring (bicyclic) bond motifs is 1. The van der Waals surface area contributed by atoms with Gasteiger partial charge in [0, 0.05) is 30.1 Å². The highest BCUT2D eigenvalue weighted by molar-refractivity contribution is 5.84. The van der Waals surface area contributed by atoms with Gasteiger partial charge in [0.15, 0.2) is 0 Å². The van der Waals surface area contributed by atoms with Crippen LogP contribution in [0.4, 0.5) is 0 Å². The number of carboxylic acid groups (broad SMARTS) is 1. The zero-order chi connectivity index (χ0) is 16.9. The van der Waals surface area contributed by atoms with E-state index in [2.05, 4.69) is 41.5 Å². The number of nitrogens with one attached hydrogen (secondary N) is 2. The van der Waals surface area contributed by atoms with E-state index in [9.17, 15) is 9.90 Å². The predicted octanol–water partition coefficient (Wildman–Crippen LogP) is 3.52. The van der Waals surface area contributed by atoms with E-state index in [0.717, 1.165) is 28.5 Å². The molecule has 0 spiro atoms. The first-order valence-electron chi connectivity index (χ1n) is 8.26. The minimum atomic E-state index is -0.828. The summed E-state index contributed by atoms with van der Waals surface area (Å²) in [6.45, 7) is 2.66. The van der Waals surface area contributed by atoms with Gasteiger partial charge in [0.1, 0.15) is 6.04 Å². The first kappa shape index (κ1) is 16.3. The van der Waals surface area contributed by atoms with Crippen LogP contribution in [0.5, 0.6) is 0 Å². The predicted molar refractivity (Wildman–Crippen MR) is 96.1 cm³/mol. The Morgan fingerprint density at radius 1 is 1.12 bits per heavy atom. The average molecular weight is 322 g/mol. The molecule has 0 saturated carbocycles. The molecule has 1 heterocycles. The Morgan fingerprint density at radius 3 is 2.54 bits per heavy atom. The fourth-order valence-electron chi connectivity index (χ4n) is 2.90. The van der Waals surface area contributed by atoms with Crippen molar-refractivity contribution in [1.29, 1.82) is 0 Å². The van der Waals surface area contributed by atoms with Crippen LogP contribution in [-0.2, 0) is 24.2 Å². The molecule has 124 valence electrons. The van der Waals surface area contributed by atoms with Crippen LogP contribution in [0.2, 0.25) is 0 Å². The van der Waals surface area contributed by atoms with Crippen LogP contribution < -0.4 is 5.32 Å². The Bertz CT molecular complexity index is 821. The molecule has 4 nitrogen and oxygen atoms in total. The topological polar surface area (TPSA) is 65.1 Å². The fourth-order valence-corrected chi connectivity index (χ4v) is 2.90. The van der Waals surface area contributed by atoms with Crippen molar-refractivity contribution in [3.05, 3.63) is 71.4 Å². The molecule has 4 heteroatoms. The van der Waals surface area contributed by atoms with Gasteiger partial charge in [0.25, 0.3) is 0 Å². The third-order valence-electron chi connectivity index (χ3n) is 4.38. The number of para-hydroxylation sites is 1. The molecular weight excluding hydrogens is 300 g/mol. The fraction of sp³-hybridized carbons (Fsp3) is 0.250. The first-order chi connectivity index (χ1) is 11.7. The van der Waals surface area contributed by atoms with Gasteiger partial charge >= 0.3 is 5.97 Å². The summed E-state index contributed by atoms with van der Waals surface area (Å²) in [5, 5.41) is 13.8. The van der Waals surface area contributed by atoms with E-state index in [4.69, 9.17) is 0 Å².